The van der Waals surface area contributed by atoms with Crippen LogP contribution in [0.15, 0.2) is 53.4 Å². The Morgan fingerprint density at radius 3 is 2.39 bits per heavy atom. The van der Waals surface area contributed by atoms with Gasteiger partial charge in [0.2, 0.25) is 10.0 Å². The number of non-ortho nitro benzene ring substituents is 1. The van der Waals surface area contributed by atoms with Crippen molar-refractivity contribution in [2.24, 2.45) is 0 Å². The smallest absolute Gasteiger partial charge is 0.321 e. The molecule has 2 aromatic rings. The molecule has 0 bridgehead atoms. The van der Waals surface area contributed by atoms with Gasteiger partial charge in [-0.05, 0) is 36.4 Å². The lowest BCUT2D eigenvalue weighted by molar-refractivity contribution is -0.384. The van der Waals surface area contributed by atoms with E-state index in [1.165, 1.54) is 12.1 Å². The van der Waals surface area contributed by atoms with Gasteiger partial charge in [0.1, 0.15) is 0 Å². The molecule has 9 nitrogen and oxygen atoms in total. The van der Waals surface area contributed by atoms with Crippen LogP contribution >= 0.6 is 0 Å². The van der Waals surface area contributed by atoms with Crippen LogP contribution in [0.1, 0.15) is 5.56 Å². The molecule has 2 amide bonds. The number of benzene rings is 2. The van der Waals surface area contributed by atoms with Crippen LogP contribution in [-0.2, 0) is 10.0 Å². The normalized spacial score (nSPS) is 13.6. The maximum Gasteiger partial charge on any atom is 0.321 e. The molecule has 1 heterocycles. The molecule has 1 fully saturated rings. The first-order valence-corrected chi connectivity index (χ1v) is 9.73. The van der Waals surface area contributed by atoms with Crippen molar-refractivity contribution in [3.8, 4) is 11.8 Å². The maximum atomic E-state index is 12.2. The number of hydrogen-bond donors (Lipinski definition) is 2. The number of rotatable bonds is 5. The standard InChI is InChI=1S/C18H16N4O5S/c23-18-19-12-13-21(18)15-5-3-14(4-6-15)2-1-11-20-28(26,27)17-9-7-16(8-10-17)22(24)25/h3-10,20H,11-13H2,(H,19,23). The SMILES string of the molecule is O=C1NCCN1c1ccc(C#CCNS(=O)(=O)c2ccc([N+](=O)[O-])cc2)cc1. The number of nitro groups is 1. The van der Waals surface area contributed by atoms with Crippen LogP contribution in [0.5, 0.6) is 0 Å². The van der Waals surface area contributed by atoms with Gasteiger partial charge in [-0.15, -0.1) is 0 Å². The Bertz CT molecular complexity index is 1050. The van der Waals surface area contributed by atoms with Gasteiger partial charge in [-0.25, -0.2) is 13.2 Å². The fraction of sp³-hybridized carbons (Fsp3) is 0.167. The van der Waals surface area contributed by atoms with E-state index in [4.69, 9.17) is 0 Å². The topological polar surface area (TPSA) is 122 Å². The first-order valence-electron chi connectivity index (χ1n) is 8.25. The highest BCUT2D eigenvalue weighted by atomic mass is 32.2. The summed E-state index contributed by atoms with van der Waals surface area (Å²) >= 11 is 0. The number of amides is 2. The number of carbonyl (C=O) groups is 1. The zero-order chi connectivity index (χ0) is 20.1. The van der Waals surface area contributed by atoms with Gasteiger partial charge in [-0.1, -0.05) is 11.8 Å². The average molecular weight is 400 g/mol. The molecule has 1 aliphatic rings. The maximum absolute atomic E-state index is 12.2. The van der Waals surface area contributed by atoms with Gasteiger partial charge in [0.25, 0.3) is 5.69 Å². The third-order valence-corrected chi connectivity index (χ3v) is 5.39. The second-order valence-corrected chi connectivity index (χ2v) is 7.57. The Kier molecular flexibility index (Phi) is 5.58. The lowest BCUT2D eigenvalue weighted by Crippen LogP contribution is -2.27. The first kappa shape index (κ1) is 19.3. The molecule has 0 aromatic heterocycles. The molecule has 1 aliphatic heterocycles. The average Bonchev–Trinajstić information content (AvgIpc) is 3.12. The van der Waals surface area contributed by atoms with Crippen LogP contribution in [0.4, 0.5) is 16.2 Å². The molecule has 0 aliphatic carbocycles. The Balaban J connectivity index is 1.59. The van der Waals surface area contributed by atoms with Crippen LogP contribution in [0.2, 0.25) is 0 Å². The highest BCUT2D eigenvalue weighted by Crippen LogP contribution is 2.17. The Morgan fingerprint density at radius 1 is 1.14 bits per heavy atom. The molecule has 2 N–H and O–H groups in total. The summed E-state index contributed by atoms with van der Waals surface area (Å²) in [5, 5.41) is 13.3. The number of carbonyl (C=O) groups excluding carboxylic acids is 1. The summed E-state index contributed by atoms with van der Waals surface area (Å²) in [5.41, 5.74) is 1.26. The molecular formula is C18H16N4O5S. The van der Waals surface area contributed by atoms with Crippen molar-refractivity contribution in [3.63, 3.8) is 0 Å². The van der Waals surface area contributed by atoms with Gasteiger partial charge >= 0.3 is 6.03 Å². The second kappa shape index (κ2) is 8.08. The minimum absolute atomic E-state index is 0.0758. The van der Waals surface area contributed by atoms with Crippen molar-refractivity contribution in [1.29, 1.82) is 0 Å². The van der Waals surface area contributed by atoms with Gasteiger partial charge < -0.3 is 5.32 Å². The highest BCUT2D eigenvalue weighted by Gasteiger charge is 2.20. The molecule has 28 heavy (non-hydrogen) atoms. The number of urea groups is 1. The Morgan fingerprint density at radius 2 is 1.82 bits per heavy atom. The zero-order valence-electron chi connectivity index (χ0n) is 14.6. The summed E-state index contributed by atoms with van der Waals surface area (Å²) in [6.45, 7) is 1.10. The number of hydrogen-bond acceptors (Lipinski definition) is 5. The second-order valence-electron chi connectivity index (χ2n) is 5.81. The van der Waals surface area contributed by atoms with Gasteiger partial charge in [0.05, 0.1) is 16.4 Å². The third kappa shape index (κ3) is 4.46. The van der Waals surface area contributed by atoms with Crippen LogP contribution in [0.3, 0.4) is 0 Å². The van der Waals surface area contributed by atoms with E-state index in [1.54, 1.807) is 29.2 Å². The molecule has 3 rings (SSSR count). The molecule has 2 aromatic carbocycles. The molecule has 0 radical (unpaired) electrons. The molecular weight excluding hydrogens is 384 g/mol. The summed E-state index contributed by atoms with van der Waals surface area (Å²) in [6.07, 6.45) is 0. The predicted octanol–water partition coefficient (Wildman–Crippen LogP) is 1.45. The Labute approximate surface area is 161 Å². The van der Waals surface area contributed by atoms with Gasteiger partial charge in [0.15, 0.2) is 0 Å². The molecule has 1 saturated heterocycles. The number of nitrogens with one attached hydrogen (secondary N) is 2. The van der Waals surface area contributed by atoms with Crippen molar-refractivity contribution >= 4 is 27.4 Å². The first-order chi connectivity index (χ1) is 13.4. The summed E-state index contributed by atoms with van der Waals surface area (Å²) in [5.74, 6) is 5.55. The molecule has 0 spiro atoms. The quantitative estimate of drug-likeness (QED) is 0.447. The fourth-order valence-corrected chi connectivity index (χ4v) is 3.47. The Hall–Kier alpha value is -3.42. The van der Waals surface area contributed by atoms with Gasteiger partial charge in [-0.2, -0.15) is 4.72 Å². The van der Waals surface area contributed by atoms with Crippen molar-refractivity contribution in [1.82, 2.24) is 10.0 Å². The van der Waals surface area contributed by atoms with E-state index in [9.17, 15) is 23.3 Å². The zero-order valence-corrected chi connectivity index (χ0v) is 15.4. The summed E-state index contributed by atoms with van der Waals surface area (Å²) < 4.78 is 26.6. The highest BCUT2D eigenvalue weighted by molar-refractivity contribution is 7.89. The molecule has 10 heteroatoms. The van der Waals surface area contributed by atoms with Crippen LogP contribution in [0, 0.1) is 22.0 Å². The van der Waals surface area contributed by atoms with Gasteiger partial charge in [-0.3, -0.25) is 15.0 Å². The molecule has 144 valence electrons. The van der Waals surface area contributed by atoms with Crippen molar-refractivity contribution in [3.05, 3.63) is 64.2 Å². The summed E-state index contributed by atoms with van der Waals surface area (Å²) in [4.78, 5) is 23.2. The van der Waals surface area contributed by atoms with Crippen molar-refractivity contribution in [2.45, 2.75) is 4.90 Å². The lowest BCUT2D eigenvalue weighted by Gasteiger charge is -2.13. The number of nitrogens with zero attached hydrogens (tertiary/aromatic N) is 2. The van der Waals surface area contributed by atoms with Crippen LogP contribution in [0.25, 0.3) is 0 Å². The minimum Gasteiger partial charge on any atom is -0.336 e. The van der Waals surface area contributed by atoms with E-state index in [1.807, 2.05) is 0 Å². The monoisotopic (exact) mass is 400 g/mol. The van der Waals surface area contributed by atoms with E-state index in [0.29, 0.717) is 18.7 Å². The van der Waals surface area contributed by atoms with Crippen LogP contribution in [-0.4, -0.2) is 39.0 Å². The lowest BCUT2D eigenvalue weighted by atomic mass is 10.2. The number of anilines is 1. The fourth-order valence-electron chi connectivity index (χ4n) is 2.55. The predicted molar refractivity (Wildman–Crippen MR) is 102 cm³/mol. The third-order valence-electron chi connectivity index (χ3n) is 3.98. The molecule has 0 atom stereocenters. The van der Waals surface area contributed by atoms with E-state index in [-0.39, 0.29) is 23.2 Å². The summed E-state index contributed by atoms with van der Waals surface area (Å²) in [7, 11) is -3.81. The molecule has 0 unspecified atom stereocenters. The van der Waals surface area contributed by atoms with E-state index >= 15 is 0 Å². The van der Waals surface area contributed by atoms with Crippen LogP contribution < -0.4 is 14.9 Å². The van der Waals surface area contributed by atoms with E-state index in [2.05, 4.69) is 21.9 Å². The van der Waals surface area contributed by atoms with Crippen molar-refractivity contribution < 1.29 is 18.1 Å². The largest absolute Gasteiger partial charge is 0.336 e. The minimum atomic E-state index is -3.81. The number of nitro benzene ring substituents is 1. The number of sulfonamides is 1. The van der Waals surface area contributed by atoms with Gasteiger partial charge in [0, 0.05) is 36.5 Å². The van der Waals surface area contributed by atoms with E-state index < -0.39 is 14.9 Å². The van der Waals surface area contributed by atoms with Crippen molar-refractivity contribution in [2.75, 3.05) is 24.5 Å². The molecule has 0 saturated carbocycles. The summed E-state index contributed by atoms with van der Waals surface area (Å²) in [6, 6.07) is 11.5. The van der Waals surface area contributed by atoms with E-state index in [0.717, 1.165) is 17.8 Å².